The van der Waals surface area contributed by atoms with E-state index in [9.17, 15) is 21.6 Å². The van der Waals surface area contributed by atoms with E-state index in [1.165, 1.54) is 36.5 Å². The molecule has 144 valence electrons. The highest BCUT2D eigenvalue weighted by Crippen LogP contribution is 2.22. The molecule has 0 spiro atoms. The molecule has 1 aliphatic rings. The fraction of sp³-hybridized carbons (Fsp3) is 0.294. The number of aromatic nitrogens is 1. The summed E-state index contributed by atoms with van der Waals surface area (Å²) in [5.74, 6) is -0.0877. The van der Waals surface area contributed by atoms with E-state index < -0.39 is 19.9 Å². The van der Waals surface area contributed by atoms with Crippen LogP contribution in [0.4, 0.5) is 11.5 Å². The number of nitrogens with one attached hydrogen (secondary N) is 2. The van der Waals surface area contributed by atoms with Crippen molar-refractivity contribution in [3.05, 3.63) is 48.7 Å². The average Bonchev–Trinajstić information content (AvgIpc) is 2.94. The molecule has 1 atom stereocenters. The van der Waals surface area contributed by atoms with E-state index in [0.29, 0.717) is 12.1 Å². The largest absolute Gasteiger partial charge is 0.326 e. The van der Waals surface area contributed by atoms with Crippen LogP contribution in [0, 0.1) is 5.92 Å². The minimum absolute atomic E-state index is 0.0352. The Labute approximate surface area is 158 Å². The summed E-state index contributed by atoms with van der Waals surface area (Å²) >= 11 is 0. The minimum Gasteiger partial charge on any atom is -0.326 e. The fourth-order valence-corrected chi connectivity index (χ4v) is 5.71. The Morgan fingerprint density at radius 2 is 1.89 bits per heavy atom. The molecule has 2 aromatic rings. The van der Waals surface area contributed by atoms with Gasteiger partial charge < -0.3 is 5.32 Å². The summed E-state index contributed by atoms with van der Waals surface area (Å²) in [6, 6.07) is 10.6. The lowest BCUT2D eigenvalue weighted by atomic mass is 10.1. The summed E-state index contributed by atoms with van der Waals surface area (Å²) in [5, 5.41) is 2.66. The summed E-state index contributed by atoms with van der Waals surface area (Å²) in [7, 11) is -6.80. The lowest BCUT2D eigenvalue weighted by molar-refractivity contribution is -0.116. The molecule has 0 radical (unpaired) electrons. The van der Waals surface area contributed by atoms with Gasteiger partial charge in [-0.2, -0.15) is 0 Å². The van der Waals surface area contributed by atoms with E-state index in [2.05, 4.69) is 15.0 Å². The quantitative estimate of drug-likeness (QED) is 0.748. The third-order valence-electron chi connectivity index (χ3n) is 4.15. The zero-order valence-corrected chi connectivity index (χ0v) is 16.0. The number of benzene rings is 1. The van der Waals surface area contributed by atoms with Crippen molar-refractivity contribution >= 4 is 37.3 Å². The van der Waals surface area contributed by atoms with E-state index >= 15 is 0 Å². The number of pyridine rings is 1. The highest BCUT2D eigenvalue weighted by molar-refractivity contribution is 7.92. The smallest absolute Gasteiger partial charge is 0.263 e. The van der Waals surface area contributed by atoms with Crippen LogP contribution < -0.4 is 10.0 Å². The van der Waals surface area contributed by atoms with Crippen molar-refractivity contribution in [1.29, 1.82) is 0 Å². The molecule has 1 saturated heterocycles. The van der Waals surface area contributed by atoms with E-state index in [0.717, 1.165) is 0 Å². The van der Waals surface area contributed by atoms with Gasteiger partial charge in [-0.1, -0.05) is 6.07 Å². The van der Waals surface area contributed by atoms with E-state index in [1.54, 1.807) is 12.1 Å². The maximum absolute atomic E-state index is 12.3. The number of rotatable bonds is 6. The summed E-state index contributed by atoms with van der Waals surface area (Å²) in [4.78, 5) is 16.0. The van der Waals surface area contributed by atoms with Crippen LogP contribution in [0.3, 0.4) is 0 Å². The molecule has 1 aromatic carbocycles. The van der Waals surface area contributed by atoms with Crippen LogP contribution in [0.2, 0.25) is 0 Å². The molecule has 0 saturated carbocycles. The molecule has 1 aliphatic heterocycles. The summed E-state index contributed by atoms with van der Waals surface area (Å²) in [6.45, 7) is 0. The topological polar surface area (TPSA) is 122 Å². The molecule has 1 aromatic heterocycles. The van der Waals surface area contributed by atoms with E-state index in [1.807, 2.05) is 0 Å². The second-order valence-corrected chi connectivity index (χ2v) is 10.3. The van der Waals surface area contributed by atoms with Crippen molar-refractivity contribution in [2.75, 3.05) is 21.5 Å². The summed E-state index contributed by atoms with van der Waals surface area (Å²) in [6.07, 6.45) is 2.10. The number of carbonyl (C=O) groups is 1. The SMILES string of the molecule is O=C(C[C@H]1CCS(=O)(=O)C1)Nc1ccc(S(=O)(=O)Nc2ccccn2)cc1. The van der Waals surface area contributed by atoms with Crippen LogP contribution in [-0.4, -0.2) is 39.2 Å². The molecule has 27 heavy (non-hydrogen) atoms. The van der Waals surface area contributed by atoms with Crippen molar-refractivity contribution in [1.82, 2.24) is 4.98 Å². The lowest BCUT2D eigenvalue weighted by Crippen LogP contribution is -2.17. The predicted molar refractivity (Wildman–Crippen MR) is 101 cm³/mol. The van der Waals surface area contributed by atoms with Crippen LogP contribution in [0.25, 0.3) is 0 Å². The number of carbonyl (C=O) groups excluding carboxylic acids is 1. The Hall–Kier alpha value is -2.46. The van der Waals surface area contributed by atoms with Crippen LogP contribution in [0.1, 0.15) is 12.8 Å². The lowest BCUT2D eigenvalue weighted by Gasteiger charge is -2.10. The van der Waals surface area contributed by atoms with Gasteiger partial charge in [-0.15, -0.1) is 0 Å². The monoisotopic (exact) mass is 409 g/mol. The normalized spacial score (nSPS) is 18.7. The third kappa shape index (κ3) is 5.27. The van der Waals surface area contributed by atoms with Gasteiger partial charge in [0.1, 0.15) is 5.82 Å². The van der Waals surface area contributed by atoms with E-state index in [-0.39, 0.29) is 40.5 Å². The van der Waals surface area contributed by atoms with Gasteiger partial charge in [-0.25, -0.2) is 21.8 Å². The van der Waals surface area contributed by atoms with Crippen LogP contribution >= 0.6 is 0 Å². The molecule has 2 heterocycles. The molecular formula is C17H19N3O5S2. The summed E-state index contributed by atoms with van der Waals surface area (Å²) in [5.41, 5.74) is 0.442. The molecule has 2 N–H and O–H groups in total. The molecule has 8 nitrogen and oxygen atoms in total. The number of anilines is 2. The van der Waals surface area contributed by atoms with E-state index in [4.69, 9.17) is 0 Å². The Balaban J connectivity index is 1.60. The number of sulfonamides is 1. The average molecular weight is 409 g/mol. The minimum atomic E-state index is -3.78. The number of amides is 1. The van der Waals surface area contributed by atoms with Gasteiger partial charge in [0.15, 0.2) is 9.84 Å². The van der Waals surface area contributed by atoms with Gasteiger partial charge in [0.05, 0.1) is 16.4 Å². The van der Waals surface area contributed by atoms with Gasteiger partial charge in [0.2, 0.25) is 5.91 Å². The summed E-state index contributed by atoms with van der Waals surface area (Å²) < 4.78 is 49.9. The first-order chi connectivity index (χ1) is 12.7. The number of sulfone groups is 1. The Bertz CT molecular complexity index is 1020. The molecule has 0 aliphatic carbocycles. The van der Waals surface area contributed by atoms with Gasteiger partial charge in [0.25, 0.3) is 10.0 Å². The first-order valence-electron chi connectivity index (χ1n) is 8.28. The third-order valence-corrected chi connectivity index (χ3v) is 7.36. The second kappa shape index (κ2) is 7.65. The Kier molecular flexibility index (Phi) is 5.47. The highest BCUT2D eigenvalue weighted by Gasteiger charge is 2.29. The number of hydrogen-bond donors (Lipinski definition) is 2. The first kappa shape index (κ1) is 19.3. The van der Waals surface area contributed by atoms with Crippen LogP contribution in [-0.2, 0) is 24.7 Å². The Morgan fingerprint density at radius 3 is 2.48 bits per heavy atom. The Morgan fingerprint density at radius 1 is 1.15 bits per heavy atom. The van der Waals surface area contributed by atoms with Crippen molar-refractivity contribution in [3.8, 4) is 0 Å². The molecule has 10 heteroatoms. The van der Waals surface area contributed by atoms with Gasteiger partial charge in [-0.05, 0) is 48.7 Å². The molecule has 0 unspecified atom stereocenters. The van der Waals surface area contributed by atoms with Gasteiger partial charge in [0, 0.05) is 18.3 Å². The number of nitrogens with zero attached hydrogens (tertiary/aromatic N) is 1. The van der Waals surface area contributed by atoms with Crippen LogP contribution in [0.5, 0.6) is 0 Å². The second-order valence-electron chi connectivity index (χ2n) is 6.37. The van der Waals surface area contributed by atoms with Crippen molar-refractivity contribution < 1.29 is 21.6 Å². The standard InChI is InChI=1S/C17H19N3O5S2/c21-17(11-13-8-10-26(22,23)12-13)19-14-4-6-15(7-5-14)27(24,25)20-16-3-1-2-9-18-16/h1-7,9,13H,8,10-12H2,(H,18,20)(H,19,21)/t13-/m1/s1. The highest BCUT2D eigenvalue weighted by atomic mass is 32.2. The molecule has 3 rings (SSSR count). The van der Waals surface area contributed by atoms with Gasteiger partial charge >= 0.3 is 0 Å². The maximum Gasteiger partial charge on any atom is 0.263 e. The zero-order chi connectivity index (χ0) is 19.5. The predicted octanol–water partition coefficient (Wildman–Crippen LogP) is 1.65. The van der Waals surface area contributed by atoms with Crippen molar-refractivity contribution in [3.63, 3.8) is 0 Å². The molecule has 1 fully saturated rings. The van der Waals surface area contributed by atoms with Crippen LogP contribution in [0.15, 0.2) is 53.6 Å². The molecular weight excluding hydrogens is 390 g/mol. The molecule has 1 amide bonds. The fourth-order valence-electron chi connectivity index (χ4n) is 2.84. The maximum atomic E-state index is 12.3. The zero-order valence-electron chi connectivity index (χ0n) is 14.3. The molecule has 0 bridgehead atoms. The number of hydrogen-bond acceptors (Lipinski definition) is 6. The van der Waals surface area contributed by atoms with Crippen molar-refractivity contribution in [2.45, 2.75) is 17.7 Å². The first-order valence-corrected chi connectivity index (χ1v) is 11.6. The van der Waals surface area contributed by atoms with Gasteiger partial charge in [-0.3, -0.25) is 9.52 Å². The van der Waals surface area contributed by atoms with Crippen molar-refractivity contribution in [2.24, 2.45) is 5.92 Å².